The van der Waals surface area contributed by atoms with Crippen LogP contribution in [-0.4, -0.2) is 23.2 Å². The number of benzene rings is 1. The number of fused-ring (bicyclic) bond motifs is 1. The Hall–Kier alpha value is -1.81. The molecular weight excluding hydrogens is 214 g/mol. The van der Waals surface area contributed by atoms with E-state index in [1.165, 1.54) is 0 Å². The first kappa shape index (κ1) is 11.7. The summed E-state index contributed by atoms with van der Waals surface area (Å²) in [5.41, 5.74) is 8.41. The number of nitrogen functional groups attached to an aromatic ring is 1. The number of unbranched alkanes of at least 4 members (excludes halogenated alkanes) is 1. The normalized spacial score (nSPS) is 10.6. The highest BCUT2D eigenvalue weighted by molar-refractivity contribution is 5.92. The van der Waals surface area contributed by atoms with Crippen LogP contribution in [0.15, 0.2) is 30.5 Å². The predicted molar refractivity (Wildman–Crippen MR) is 71.0 cm³/mol. The Labute approximate surface area is 100 Å². The molecule has 0 saturated carbocycles. The molecule has 0 aliphatic carbocycles. The maximum Gasteiger partial charge on any atom is 0.0743 e. The summed E-state index contributed by atoms with van der Waals surface area (Å²) >= 11 is 0. The maximum atomic E-state index is 8.71. The summed E-state index contributed by atoms with van der Waals surface area (Å²) in [4.78, 5) is 4.29. The molecule has 4 nitrogen and oxygen atoms in total. The SMILES string of the molecule is Nc1ccc2c(NCCCCO)ccnc2c1. The van der Waals surface area contributed by atoms with Crippen LogP contribution in [0.1, 0.15) is 12.8 Å². The number of rotatable bonds is 5. The molecule has 4 N–H and O–H groups in total. The lowest BCUT2D eigenvalue weighted by molar-refractivity contribution is 0.286. The van der Waals surface area contributed by atoms with Gasteiger partial charge in [-0.05, 0) is 37.1 Å². The minimum absolute atomic E-state index is 0.245. The highest BCUT2D eigenvalue weighted by atomic mass is 16.2. The van der Waals surface area contributed by atoms with Crippen LogP contribution in [0.5, 0.6) is 0 Å². The predicted octanol–water partition coefficient (Wildman–Crippen LogP) is 2.00. The van der Waals surface area contributed by atoms with Crippen LogP contribution >= 0.6 is 0 Å². The monoisotopic (exact) mass is 231 g/mol. The van der Waals surface area contributed by atoms with Crippen LogP contribution in [0, 0.1) is 0 Å². The molecule has 0 atom stereocenters. The molecule has 0 aliphatic heterocycles. The molecule has 0 spiro atoms. The van der Waals surface area contributed by atoms with Crippen molar-refractivity contribution >= 4 is 22.3 Å². The third kappa shape index (κ3) is 2.85. The van der Waals surface area contributed by atoms with Crippen LogP contribution in [0.3, 0.4) is 0 Å². The second kappa shape index (κ2) is 5.50. The Bertz CT molecular complexity index is 499. The smallest absolute Gasteiger partial charge is 0.0743 e. The van der Waals surface area contributed by atoms with Crippen LogP contribution in [0.4, 0.5) is 11.4 Å². The van der Waals surface area contributed by atoms with Crippen molar-refractivity contribution in [1.82, 2.24) is 4.98 Å². The van der Waals surface area contributed by atoms with Crippen LogP contribution in [0.25, 0.3) is 10.9 Å². The second-order valence-corrected chi connectivity index (χ2v) is 3.99. The van der Waals surface area contributed by atoms with E-state index in [1.54, 1.807) is 6.20 Å². The van der Waals surface area contributed by atoms with Gasteiger partial charge < -0.3 is 16.2 Å². The van der Waals surface area contributed by atoms with Gasteiger partial charge in [0, 0.05) is 36.1 Å². The molecule has 2 aromatic rings. The molecular formula is C13H17N3O. The zero-order valence-electron chi connectivity index (χ0n) is 9.69. The topological polar surface area (TPSA) is 71.2 Å². The first-order valence-corrected chi connectivity index (χ1v) is 5.80. The summed E-state index contributed by atoms with van der Waals surface area (Å²) in [5, 5.41) is 13.1. The van der Waals surface area contributed by atoms with E-state index < -0.39 is 0 Å². The summed E-state index contributed by atoms with van der Waals surface area (Å²) in [7, 11) is 0. The fourth-order valence-electron chi connectivity index (χ4n) is 1.78. The van der Waals surface area contributed by atoms with Gasteiger partial charge in [-0.2, -0.15) is 0 Å². The molecule has 1 aromatic heterocycles. The Morgan fingerprint density at radius 1 is 1.24 bits per heavy atom. The Morgan fingerprint density at radius 3 is 2.94 bits per heavy atom. The third-order valence-corrected chi connectivity index (χ3v) is 2.67. The molecule has 0 radical (unpaired) electrons. The minimum atomic E-state index is 0.245. The second-order valence-electron chi connectivity index (χ2n) is 3.99. The highest BCUT2D eigenvalue weighted by Gasteiger charge is 2.01. The molecule has 2 rings (SSSR count). The van der Waals surface area contributed by atoms with E-state index in [0.29, 0.717) is 0 Å². The summed E-state index contributed by atoms with van der Waals surface area (Å²) in [6.45, 7) is 1.10. The molecule has 1 aromatic carbocycles. The van der Waals surface area contributed by atoms with Crippen molar-refractivity contribution in [2.24, 2.45) is 0 Å². The zero-order valence-corrected chi connectivity index (χ0v) is 9.69. The number of nitrogens with one attached hydrogen (secondary N) is 1. The summed E-state index contributed by atoms with van der Waals surface area (Å²) in [5.74, 6) is 0. The third-order valence-electron chi connectivity index (χ3n) is 2.67. The fraction of sp³-hybridized carbons (Fsp3) is 0.308. The van der Waals surface area contributed by atoms with Gasteiger partial charge in [0.1, 0.15) is 0 Å². The van der Waals surface area contributed by atoms with E-state index in [9.17, 15) is 0 Å². The lowest BCUT2D eigenvalue weighted by Crippen LogP contribution is -2.03. The van der Waals surface area contributed by atoms with E-state index in [1.807, 2.05) is 24.3 Å². The molecule has 0 fully saturated rings. The first-order chi connectivity index (χ1) is 8.31. The van der Waals surface area contributed by atoms with Crippen molar-refractivity contribution in [2.45, 2.75) is 12.8 Å². The van der Waals surface area contributed by atoms with Gasteiger partial charge in [0.15, 0.2) is 0 Å². The Morgan fingerprint density at radius 2 is 2.12 bits per heavy atom. The van der Waals surface area contributed by atoms with Crippen molar-refractivity contribution in [3.05, 3.63) is 30.5 Å². The number of aliphatic hydroxyl groups excluding tert-OH is 1. The lowest BCUT2D eigenvalue weighted by Gasteiger charge is -2.09. The molecule has 0 unspecified atom stereocenters. The van der Waals surface area contributed by atoms with Gasteiger partial charge >= 0.3 is 0 Å². The van der Waals surface area contributed by atoms with Crippen molar-refractivity contribution < 1.29 is 5.11 Å². The number of hydrogen-bond donors (Lipinski definition) is 3. The maximum absolute atomic E-state index is 8.71. The number of pyridine rings is 1. The zero-order chi connectivity index (χ0) is 12.1. The van der Waals surface area contributed by atoms with Gasteiger partial charge in [0.25, 0.3) is 0 Å². The molecule has 0 saturated heterocycles. The molecule has 17 heavy (non-hydrogen) atoms. The van der Waals surface area contributed by atoms with E-state index in [-0.39, 0.29) is 6.61 Å². The number of nitrogens with zero attached hydrogens (tertiary/aromatic N) is 1. The summed E-state index contributed by atoms with van der Waals surface area (Å²) in [6, 6.07) is 7.68. The Balaban J connectivity index is 2.16. The van der Waals surface area contributed by atoms with Gasteiger partial charge in [-0.3, -0.25) is 4.98 Å². The number of hydrogen-bond acceptors (Lipinski definition) is 4. The molecule has 1 heterocycles. The quantitative estimate of drug-likeness (QED) is 0.543. The van der Waals surface area contributed by atoms with E-state index >= 15 is 0 Å². The van der Waals surface area contributed by atoms with Crippen molar-refractivity contribution in [3.63, 3.8) is 0 Å². The average Bonchev–Trinajstić information content (AvgIpc) is 2.34. The number of aliphatic hydroxyl groups is 1. The van der Waals surface area contributed by atoms with Gasteiger partial charge in [-0.15, -0.1) is 0 Å². The average molecular weight is 231 g/mol. The lowest BCUT2D eigenvalue weighted by atomic mass is 10.1. The fourth-order valence-corrected chi connectivity index (χ4v) is 1.78. The molecule has 4 heteroatoms. The summed E-state index contributed by atoms with van der Waals surface area (Å²) in [6.07, 6.45) is 3.55. The van der Waals surface area contributed by atoms with Gasteiger partial charge in [-0.25, -0.2) is 0 Å². The van der Waals surface area contributed by atoms with Crippen molar-refractivity contribution in [2.75, 3.05) is 24.2 Å². The van der Waals surface area contributed by atoms with Crippen LogP contribution in [0.2, 0.25) is 0 Å². The van der Waals surface area contributed by atoms with Crippen molar-refractivity contribution in [1.29, 1.82) is 0 Å². The standard InChI is InChI=1S/C13H17N3O/c14-10-3-4-11-12(15-6-1-2-8-17)5-7-16-13(11)9-10/h3-5,7,9,17H,1-2,6,8,14H2,(H,15,16). The van der Waals surface area contributed by atoms with E-state index in [4.69, 9.17) is 10.8 Å². The molecule has 0 aliphatic rings. The van der Waals surface area contributed by atoms with Crippen molar-refractivity contribution in [3.8, 4) is 0 Å². The largest absolute Gasteiger partial charge is 0.399 e. The van der Waals surface area contributed by atoms with E-state index in [0.717, 1.165) is 41.7 Å². The van der Waals surface area contributed by atoms with Gasteiger partial charge in [0.2, 0.25) is 0 Å². The molecule has 0 amide bonds. The van der Waals surface area contributed by atoms with Crippen LogP contribution in [-0.2, 0) is 0 Å². The number of aromatic nitrogens is 1. The highest BCUT2D eigenvalue weighted by Crippen LogP contribution is 2.23. The molecule has 90 valence electrons. The van der Waals surface area contributed by atoms with Crippen LogP contribution < -0.4 is 11.1 Å². The van der Waals surface area contributed by atoms with E-state index in [2.05, 4.69) is 10.3 Å². The minimum Gasteiger partial charge on any atom is -0.399 e. The van der Waals surface area contributed by atoms with Gasteiger partial charge in [-0.1, -0.05) is 0 Å². The van der Waals surface area contributed by atoms with Gasteiger partial charge in [0.05, 0.1) is 5.52 Å². The number of anilines is 2. The Kier molecular flexibility index (Phi) is 3.77. The molecule has 0 bridgehead atoms. The summed E-state index contributed by atoms with van der Waals surface area (Å²) < 4.78 is 0. The first-order valence-electron chi connectivity index (χ1n) is 5.80. The number of nitrogens with two attached hydrogens (primary N) is 1.